The largest absolute Gasteiger partial charge is 0.389 e. The van der Waals surface area contributed by atoms with Crippen molar-refractivity contribution >= 4 is 5.91 Å². The van der Waals surface area contributed by atoms with E-state index in [1.54, 1.807) is 4.90 Å². The van der Waals surface area contributed by atoms with Gasteiger partial charge in [-0.3, -0.25) is 9.89 Å². The fourth-order valence-corrected chi connectivity index (χ4v) is 2.62. The van der Waals surface area contributed by atoms with Crippen molar-refractivity contribution in [1.29, 1.82) is 0 Å². The summed E-state index contributed by atoms with van der Waals surface area (Å²) in [6.07, 6.45) is 2.36. The molecular formula is C12H17N3O3. The zero-order chi connectivity index (χ0) is 12.5. The number of H-pyrrole nitrogens is 1. The Kier molecular flexibility index (Phi) is 3.05. The van der Waals surface area contributed by atoms with Gasteiger partial charge in [-0.05, 0) is 19.3 Å². The number of hydrogen-bond donors (Lipinski definition) is 2. The number of nitrogens with zero attached hydrogens (tertiary/aromatic N) is 2. The third-order valence-corrected chi connectivity index (χ3v) is 3.54. The molecule has 1 aromatic rings. The Morgan fingerprint density at radius 2 is 2.39 bits per heavy atom. The normalized spacial score (nSPS) is 23.8. The number of aromatic nitrogens is 2. The van der Waals surface area contributed by atoms with E-state index in [4.69, 9.17) is 4.74 Å². The van der Waals surface area contributed by atoms with Gasteiger partial charge in [0.2, 0.25) is 0 Å². The second-order valence-electron chi connectivity index (χ2n) is 4.86. The molecule has 1 saturated heterocycles. The maximum absolute atomic E-state index is 12.4. The van der Waals surface area contributed by atoms with E-state index in [0.717, 1.165) is 30.5 Å². The number of fused-ring (bicyclic) bond motifs is 1. The predicted molar refractivity (Wildman–Crippen MR) is 63.3 cm³/mol. The number of nitrogens with one attached hydrogen (secondary N) is 1. The molecule has 0 aromatic carbocycles. The van der Waals surface area contributed by atoms with Gasteiger partial charge in [-0.1, -0.05) is 0 Å². The Bertz CT molecular complexity index is 457. The monoisotopic (exact) mass is 251 g/mol. The summed E-state index contributed by atoms with van der Waals surface area (Å²) in [4.78, 5) is 14.0. The van der Waals surface area contributed by atoms with Gasteiger partial charge >= 0.3 is 0 Å². The molecule has 6 heteroatoms. The van der Waals surface area contributed by atoms with E-state index in [-0.39, 0.29) is 5.91 Å². The molecule has 2 N–H and O–H groups in total. The predicted octanol–water partition coefficient (Wildman–Crippen LogP) is -0.268. The lowest BCUT2D eigenvalue weighted by Crippen LogP contribution is -2.38. The number of ether oxygens (including phenoxy) is 1. The number of aliphatic hydroxyl groups is 1. The lowest BCUT2D eigenvalue weighted by Gasteiger charge is -2.20. The summed E-state index contributed by atoms with van der Waals surface area (Å²) in [5, 5.41) is 16.7. The molecule has 18 heavy (non-hydrogen) atoms. The molecule has 0 radical (unpaired) electrons. The number of β-amino-alcohol motifs (C(OH)–C–C–N with tert-alkyl or cyclic N) is 1. The summed E-state index contributed by atoms with van der Waals surface area (Å²) >= 11 is 0. The first kappa shape index (κ1) is 11.7. The van der Waals surface area contributed by atoms with Crippen LogP contribution in [0.3, 0.4) is 0 Å². The second kappa shape index (κ2) is 4.70. The molecule has 1 atom stereocenters. The number of carbonyl (C=O) groups is 1. The van der Waals surface area contributed by atoms with Gasteiger partial charge in [-0.25, -0.2) is 0 Å². The van der Waals surface area contributed by atoms with Gasteiger partial charge in [-0.15, -0.1) is 0 Å². The molecule has 1 aliphatic heterocycles. The van der Waals surface area contributed by atoms with Crippen LogP contribution in [-0.4, -0.2) is 58.5 Å². The number of hydrogen-bond acceptors (Lipinski definition) is 4. The number of amides is 1. The van der Waals surface area contributed by atoms with E-state index in [9.17, 15) is 9.90 Å². The first-order valence-electron chi connectivity index (χ1n) is 6.37. The number of aryl methyl sites for hydroxylation is 1. The lowest BCUT2D eigenvalue weighted by atomic mass is 10.2. The minimum atomic E-state index is -0.608. The summed E-state index contributed by atoms with van der Waals surface area (Å²) < 4.78 is 5.23. The molecule has 1 aliphatic carbocycles. The zero-order valence-electron chi connectivity index (χ0n) is 10.2. The molecule has 0 unspecified atom stereocenters. The van der Waals surface area contributed by atoms with Gasteiger partial charge in [0.1, 0.15) is 0 Å². The SMILES string of the molecule is O=C(c1n[nH]c2c1CCC2)N1CCOC[C@H](O)C1. The van der Waals surface area contributed by atoms with Crippen molar-refractivity contribution in [3.63, 3.8) is 0 Å². The highest BCUT2D eigenvalue weighted by Crippen LogP contribution is 2.23. The van der Waals surface area contributed by atoms with Crippen LogP contribution in [0.4, 0.5) is 0 Å². The Balaban J connectivity index is 1.80. The van der Waals surface area contributed by atoms with Crippen molar-refractivity contribution in [2.75, 3.05) is 26.3 Å². The van der Waals surface area contributed by atoms with E-state index < -0.39 is 6.10 Å². The Morgan fingerprint density at radius 1 is 1.50 bits per heavy atom. The van der Waals surface area contributed by atoms with Crippen LogP contribution in [0.1, 0.15) is 28.2 Å². The van der Waals surface area contributed by atoms with Gasteiger partial charge in [0, 0.05) is 24.3 Å². The Labute approximate surface area is 105 Å². The minimum Gasteiger partial charge on any atom is -0.389 e. The highest BCUT2D eigenvalue weighted by Gasteiger charge is 2.28. The quantitative estimate of drug-likeness (QED) is 0.720. The summed E-state index contributed by atoms with van der Waals surface area (Å²) in [6.45, 7) is 1.59. The molecule has 1 fully saturated rings. The smallest absolute Gasteiger partial charge is 0.274 e. The molecule has 2 aliphatic rings. The van der Waals surface area contributed by atoms with Crippen LogP contribution >= 0.6 is 0 Å². The highest BCUT2D eigenvalue weighted by atomic mass is 16.5. The summed E-state index contributed by atoms with van der Waals surface area (Å²) in [7, 11) is 0. The molecule has 6 nitrogen and oxygen atoms in total. The summed E-state index contributed by atoms with van der Waals surface area (Å²) in [5.74, 6) is -0.0982. The van der Waals surface area contributed by atoms with Crippen LogP contribution in [0.25, 0.3) is 0 Å². The standard InChI is InChI=1S/C12H17N3O3/c16-8-6-15(4-5-18-7-8)12(17)11-9-2-1-3-10(9)13-14-11/h8,16H,1-7H2,(H,13,14)/t8-/m1/s1. The van der Waals surface area contributed by atoms with Crippen molar-refractivity contribution in [3.05, 3.63) is 17.0 Å². The maximum Gasteiger partial charge on any atom is 0.274 e. The van der Waals surface area contributed by atoms with Crippen molar-refractivity contribution in [2.45, 2.75) is 25.4 Å². The van der Waals surface area contributed by atoms with Crippen LogP contribution in [-0.2, 0) is 17.6 Å². The average molecular weight is 251 g/mol. The third-order valence-electron chi connectivity index (χ3n) is 3.54. The van der Waals surface area contributed by atoms with E-state index in [1.165, 1.54) is 0 Å². The van der Waals surface area contributed by atoms with Gasteiger partial charge in [-0.2, -0.15) is 5.10 Å². The fraction of sp³-hybridized carbons (Fsp3) is 0.667. The molecule has 0 saturated carbocycles. The molecule has 1 aromatic heterocycles. The van der Waals surface area contributed by atoms with Crippen LogP contribution in [0.2, 0.25) is 0 Å². The van der Waals surface area contributed by atoms with Crippen molar-refractivity contribution in [3.8, 4) is 0 Å². The molecule has 0 spiro atoms. The van der Waals surface area contributed by atoms with Gasteiger partial charge in [0.15, 0.2) is 5.69 Å². The van der Waals surface area contributed by atoms with Crippen molar-refractivity contribution in [1.82, 2.24) is 15.1 Å². The summed E-state index contributed by atoms with van der Waals surface area (Å²) in [6, 6.07) is 0. The van der Waals surface area contributed by atoms with Crippen LogP contribution in [0.15, 0.2) is 0 Å². The average Bonchev–Trinajstić information content (AvgIpc) is 2.88. The second-order valence-corrected chi connectivity index (χ2v) is 4.86. The molecular weight excluding hydrogens is 234 g/mol. The van der Waals surface area contributed by atoms with E-state index in [1.807, 2.05) is 0 Å². The van der Waals surface area contributed by atoms with Gasteiger partial charge in [0.25, 0.3) is 5.91 Å². The van der Waals surface area contributed by atoms with Crippen LogP contribution in [0.5, 0.6) is 0 Å². The van der Waals surface area contributed by atoms with Crippen LogP contribution in [0, 0.1) is 0 Å². The third kappa shape index (κ3) is 2.02. The number of aliphatic hydroxyl groups excluding tert-OH is 1. The number of rotatable bonds is 1. The van der Waals surface area contributed by atoms with Crippen molar-refractivity contribution < 1.29 is 14.6 Å². The fourth-order valence-electron chi connectivity index (χ4n) is 2.62. The first-order valence-corrected chi connectivity index (χ1v) is 6.37. The van der Waals surface area contributed by atoms with Crippen molar-refractivity contribution in [2.24, 2.45) is 0 Å². The first-order chi connectivity index (χ1) is 8.75. The highest BCUT2D eigenvalue weighted by molar-refractivity contribution is 5.94. The van der Waals surface area contributed by atoms with Crippen LogP contribution < -0.4 is 0 Å². The van der Waals surface area contributed by atoms with E-state index in [2.05, 4.69) is 10.2 Å². The lowest BCUT2D eigenvalue weighted by molar-refractivity contribution is 0.0532. The Hall–Kier alpha value is -1.40. The zero-order valence-corrected chi connectivity index (χ0v) is 10.2. The molecule has 2 heterocycles. The summed E-state index contributed by atoms with van der Waals surface area (Å²) in [5.41, 5.74) is 2.67. The molecule has 98 valence electrons. The number of carbonyl (C=O) groups excluding carboxylic acids is 1. The van der Waals surface area contributed by atoms with E-state index >= 15 is 0 Å². The number of aromatic amines is 1. The van der Waals surface area contributed by atoms with E-state index in [0.29, 0.717) is 32.0 Å². The van der Waals surface area contributed by atoms with Gasteiger partial charge < -0.3 is 14.7 Å². The molecule has 3 rings (SSSR count). The maximum atomic E-state index is 12.4. The molecule has 1 amide bonds. The Morgan fingerprint density at radius 3 is 3.28 bits per heavy atom. The minimum absolute atomic E-state index is 0.0982. The molecule has 0 bridgehead atoms. The topological polar surface area (TPSA) is 78.5 Å². The van der Waals surface area contributed by atoms with Gasteiger partial charge in [0.05, 0.1) is 19.3 Å².